The van der Waals surface area contributed by atoms with Gasteiger partial charge in [0.05, 0.1) is 11.8 Å². The first kappa shape index (κ1) is 21.6. The first-order chi connectivity index (χ1) is 15.1. The quantitative estimate of drug-likeness (QED) is 0.645. The molecular weight excluding hydrogens is 408 g/mol. The minimum absolute atomic E-state index is 0.157. The highest BCUT2D eigenvalue weighted by atomic mass is 32.2. The number of imide groups is 1. The van der Waals surface area contributed by atoms with Gasteiger partial charge in [0.25, 0.3) is 0 Å². The fraction of sp³-hybridized carbons (Fsp3) is 0.400. The Morgan fingerprint density at radius 2 is 1.55 bits per heavy atom. The highest BCUT2D eigenvalue weighted by Gasteiger charge is 2.51. The van der Waals surface area contributed by atoms with E-state index in [0.29, 0.717) is 17.9 Å². The molecule has 4 rings (SSSR count). The van der Waals surface area contributed by atoms with Crippen molar-refractivity contribution in [2.45, 2.75) is 38.1 Å². The van der Waals surface area contributed by atoms with Crippen LogP contribution in [0.15, 0.2) is 54.6 Å². The maximum Gasteiger partial charge on any atom is 0.247 e. The zero-order valence-corrected chi connectivity index (χ0v) is 18.6. The number of amides is 3. The normalized spacial score (nSPS) is 21.6. The summed E-state index contributed by atoms with van der Waals surface area (Å²) in [5.74, 6) is -0.378. The lowest BCUT2D eigenvalue weighted by Gasteiger charge is -2.26. The van der Waals surface area contributed by atoms with Gasteiger partial charge in [-0.3, -0.25) is 19.3 Å². The van der Waals surface area contributed by atoms with Crippen LogP contribution >= 0.6 is 11.8 Å². The molecule has 1 N–H and O–H groups in total. The topological polar surface area (TPSA) is 66.5 Å². The molecule has 3 unspecified atom stereocenters. The molecule has 31 heavy (non-hydrogen) atoms. The van der Waals surface area contributed by atoms with Crippen LogP contribution in [0, 0.1) is 11.8 Å². The third-order valence-electron chi connectivity index (χ3n) is 6.34. The second-order valence-electron chi connectivity index (χ2n) is 8.27. The van der Waals surface area contributed by atoms with Crippen molar-refractivity contribution in [2.24, 2.45) is 11.8 Å². The molecule has 5 nitrogen and oxygen atoms in total. The number of anilines is 1. The number of hydrogen-bond acceptors (Lipinski definition) is 4. The molecular formula is C25H28N2O3S. The van der Waals surface area contributed by atoms with E-state index in [9.17, 15) is 14.4 Å². The van der Waals surface area contributed by atoms with Crippen molar-refractivity contribution in [1.82, 2.24) is 4.90 Å². The van der Waals surface area contributed by atoms with E-state index in [1.165, 1.54) is 4.90 Å². The molecule has 162 valence electrons. The van der Waals surface area contributed by atoms with E-state index in [4.69, 9.17) is 0 Å². The van der Waals surface area contributed by atoms with Gasteiger partial charge in [-0.1, -0.05) is 55.3 Å². The first-order valence-corrected chi connectivity index (χ1v) is 12.3. The Balaban J connectivity index is 1.51. The molecule has 2 aliphatic rings. The van der Waals surface area contributed by atoms with Crippen molar-refractivity contribution in [1.29, 1.82) is 0 Å². The molecule has 2 fully saturated rings. The first-order valence-electron chi connectivity index (χ1n) is 10.9. The standard InChI is InChI=1S/C25H28N2O3S/c1-31-16-15-22(27-24(29)20-9-5-6-10-21(20)25(27)30)23(28)26-19-13-11-18(12-14-19)17-7-3-2-4-8-17/h2-4,7-8,11-14,20-22H,5-6,9-10,15-16H2,1H3,(H,26,28). The van der Waals surface area contributed by atoms with Crippen LogP contribution in [0.3, 0.4) is 0 Å². The van der Waals surface area contributed by atoms with E-state index in [1.807, 2.05) is 60.9 Å². The van der Waals surface area contributed by atoms with Crippen LogP contribution in [0.2, 0.25) is 0 Å². The number of thioether (sulfide) groups is 1. The molecule has 1 saturated carbocycles. The zero-order chi connectivity index (χ0) is 21.8. The van der Waals surface area contributed by atoms with Gasteiger partial charge in [-0.15, -0.1) is 0 Å². The predicted molar refractivity (Wildman–Crippen MR) is 125 cm³/mol. The largest absolute Gasteiger partial charge is 0.324 e. The lowest BCUT2D eigenvalue weighted by atomic mass is 9.81. The van der Waals surface area contributed by atoms with E-state index in [2.05, 4.69) is 5.32 Å². The molecule has 0 bridgehead atoms. The van der Waals surface area contributed by atoms with Crippen LogP contribution in [0.5, 0.6) is 0 Å². The molecule has 2 aromatic rings. The SMILES string of the molecule is CSCCC(C(=O)Nc1ccc(-c2ccccc2)cc1)N1C(=O)C2CCCCC2C1=O. The van der Waals surface area contributed by atoms with Crippen LogP contribution in [0.1, 0.15) is 32.1 Å². The summed E-state index contributed by atoms with van der Waals surface area (Å²) >= 11 is 1.61. The highest BCUT2D eigenvalue weighted by molar-refractivity contribution is 7.98. The number of rotatable bonds is 7. The van der Waals surface area contributed by atoms with E-state index in [0.717, 1.165) is 36.8 Å². The number of nitrogens with zero attached hydrogens (tertiary/aromatic N) is 1. The van der Waals surface area contributed by atoms with Crippen LogP contribution in [0.25, 0.3) is 11.1 Å². The number of nitrogens with one attached hydrogen (secondary N) is 1. The van der Waals surface area contributed by atoms with E-state index in [-0.39, 0.29) is 29.6 Å². The minimum Gasteiger partial charge on any atom is -0.324 e. The molecule has 0 spiro atoms. The van der Waals surface area contributed by atoms with Crippen molar-refractivity contribution in [3.05, 3.63) is 54.6 Å². The molecule has 1 heterocycles. The number of hydrogen-bond donors (Lipinski definition) is 1. The smallest absolute Gasteiger partial charge is 0.247 e. The van der Waals surface area contributed by atoms with Gasteiger partial charge in [-0.2, -0.15) is 11.8 Å². The van der Waals surface area contributed by atoms with Crippen molar-refractivity contribution in [2.75, 3.05) is 17.3 Å². The molecule has 1 aliphatic heterocycles. The summed E-state index contributed by atoms with van der Waals surface area (Å²) in [7, 11) is 0. The monoisotopic (exact) mass is 436 g/mol. The van der Waals surface area contributed by atoms with E-state index in [1.54, 1.807) is 11.8 Å². The summed E-state index contributed by atoms with van der Waals surface area (Å²) < 4.78 is 0. The van der Waals surface area contributed by atoms with E-state index < -0.39 is 6.04 Å². The van der Waals surface area contributed by atoms with Crippen molar-refractivity contribution < 1.29 is 14.4 Å². The Morgan fingerprint density at radius 1 is 0.968 bits per heavy atom. The number of likely N-dealkylation sites (tertiary alicyclic amines) is 1. The molecule has 3 atom stereocenters. The second kappa shape index (κ2) is 9.69. The fourth-order valence-corrected chi connectivity index (χ4v) is 5.16. The van der Waals surface area contributed by atoms with Gasteiger partial charge in [0, 0.05) is 5.69 Å². The molecule has 1 saturated heterocycles. The lowest BCUT2D eigenvalue weighted by molar-refractivity contribution is -0.146. The third-order valence-corrected chi connectivity index (χ3v) is 6.99. The third kappa shape index (κ3) is 4.54. The van der Waals surface area contributed by atoms with Crippen molar-refractivity contribution in [3.63, 3.8) is 0 Å². The van der Waals surface area contributed by atoms with Gasteiger partial charge in [0.2, 0.25) is 17.7 Å². The Morgan fingerprint density at radius 3 is 2.13 bits per heavy atom. The average Bonchev–Trinajstić information content (AvgIpc) is 3.06. The lowest BCUT2D eigenvalue weighted by Crippen LogP contribution is -2.48. The summed E-state index contributed by atoms with van der Waals surface area (Å²) in [5.41, 5.74) is 2.83. The number of carbonyl (C=O) groups is 3. The Bertz CT molecular complexity index is 921. The Kier molecular flexibility index (Phi) is 6.76. The molecule has 3 amide bonds. The molecule has 0 aromatic heterocycles. The maximum absolute atomic E-state index is 13.2. The highest BCUT2D eigenvalue weighted by Crippen LogP contribution is 2.39. The molecule has 2 aromatic carbocycles. The van der Waals surface area contributed by atoms with Crippen LogP contribution in [-0.2, 0) is 14.4 Å². The van der Waals surface area contributed by atoms with Crippen molar-refractivity contribution in [3.8, 4) is 11.1 Å². The second-order valence-corrected chi connectivity index (χ2v) is 9.26. The summed E-state index contributed by atoms with van der Waals surface area (Å²) in [6.45, 7) is 0. The fourth-order valence-electron chi connectivity index (χ4n) is 4.70. The Labute approximate surface area is 187 Å². The van der Waals surface area contributed by atoms with Crippen LogP contribution < -0.4 is 5.32 Å². The van der Waals surface area contributed by atoms with Gasteiger partial charge in [0.15, 0.2) is 0 Å². The minimum atomic E-state index is -0.758. The number of fused-ring (bicyclic) bond motifs is 1. The van der Waals surface area contributed by atoms with E-state index >= 15 is 0 Å². The van der Waals surface area contributed by atoms with Crippen LogP contribution in [0.4, 0.5) is 5.69 Å². The van der Waals surface area contributed by atoms with Gasteiger partial charge < -0.3 is 5.32 Å². The zero-order valence-electron chi connectivity index (χ0n) is 17.8. The average molecular weight is 437 g/mol. The summed E-state index contributed by atoms with van der Waals surface area (Å²) in [5, 5.41) is 2.93. The van der Waals surface area contributed by atoms with Gasteiger partial charge in [-0.05, 0) is 54.5 Å². The summed E-state index contributed by atoms with van der Waals surface area (Å²) in [6.07, 6.45) is 5.89. The van der Waals surface area contributed by atoms with Gasteiger partial charge >= 0.3 is 0 Å². The summed E-state index contributed by atoms with van der Waals surface area (Å²) in [4.78, 5) is 40.5. The number of carbonyl (C=O) groups excluding carboxylic acids is 3. The number of benzene rings is 2. The predicted octanol–water partition coefficient (Wildman–Crippen LogP) is 4.59. The summed E-state index contributed by atoms with van der Waals surface area (Å²) in [6, 6.07) is 16.9. The maximum atomic E-state index is 13.2. The molecule has 0 radical (unpaired) electrons. The molecule has 1 aliphatic carbocycles. The van der Waals surface area contributed by atoms with Gasteiger partial charge in [-0.25, -0.2) is 0 Å². The molecule has 6 heteroatoms. The van der Waals surface area contributed by atoms with Crippen molar-refractivity contribution >= 4 is 35.2 Å². The van der Waals surface area contributed by atoms with Gasteiger partial charge in [0.1, 0.15) is 6.04 Å². The van der Waals surface area contributed by atoms with Crippen LogP contribution in [-0.4, -0.2) is 40.7 Å². The Hall–Kier alpha value is -2.60.